The minimum atomic E-state index is -0.520. The van der Waals surface area contributed by atoms with Gasteiger partial charge in [-0.3, -0.25) is 0 Å². The van der Waals surface area contributed by atoms with Crippen molar-refractivity contribution >= 4 is 11.5 Å². The summed E-state index contributed by atoms with van der Waals surface area (Å²) in [6.45, 7) is 0. The molecule has 0 saturated carbocycles. The molecule has 2 rings (SSSR count). The molecule has 0 bridgehead atoms. The molecule has 0 fully saturated rings. The molecule has 17 heavy (non-hydrogen) atoms. The van der Waals surface area contributed by atoms with Crippen LogP contribution in [0.15, 0.2) is 18.5 Å². The van der Waals surface area contributed by atoms with Crippen LogP contribution in [-0.4, -0.2) is 29.8 Å². The highest BCUT2D eigenvalue weighted by Gasteiger charge is 2.19. The average Bonchev–Trinajstić information content (AvgIpc) is 2.80. The topological polar surface area (TPSA) is 76.6 Å². The number of rotatable bonds is 2. The van der Waals surface area contributed by atoms with Crippen molar-refractivity contribution in [2.75, 3.05) is 14.2 Å². The van der Waals surface area contributed by atoms with E-state index in [0.717, 1.165) is 0 Å². The molecular formula is C11H9N3O3. The minimum absolute atomic E-state index is 0.265. The molecule has 0 spiro atoms. The predicted molar refractivity (Wildman–Crippen MR) is 57.8 cm³/mol. The summed E-state index contributed by atoms with van der Waals surface area (Å²) in [5, 5.41) is 13.0. The van der Waals surface area contributed by atoms with Crippen LogP contribution >= 0.6 is 0 Å². The fraction of sp³-hybridized carbons (Fsp3) is 0.182. The van der Waals surface area contributed by atoms with Crippen molar-refractivity contribution in [3.8, 4) is 11.8 Å². The van der Waals surface area contributed by atoms with Crippen molar-refractivity contribution in [1.29, 1.82) is 5.26 Å². The highest BCUT2D eigenvalue weighted by molar-refractivity contribution is 5.99. The third-order valence-corrected chi connectivity index (χ3v) is 2.37. The number of nitrogens with zero attached hydrogens (tertiary/aromatic N) is 3. The van der Waals surface area contributed by atoms with Crippen LogP contribution in [0.1, 0.15) is 15.9 Å². The number of methoxy groups -OCH3 is 2. The van der Waals surface area contributed by atoms with Crippen molar-refractivity contribution in [3.05, 3.63) is 29.6 Å². The first kappa shape index (κ1) is 11.0. The van der Waals surface area contributed by atoms with Crippen molar-refractivity contribution in [2.24, 2.45) is 0 Å². The predicted octanol–water partition coefficient (Wildman–Crippen LogP) is 1.00. The lowest BCUT2D eigenvalue weighted by Crippen LogP contribution is -2.02. The molecule has 0 aliphatic heterocycles. The SMILES string of the molecule is COC(=O)c1cnn2ccc(C#N)c(OC)c12. The maximum absolute atomic E-state index is 11.5. The van der Waals surface area contributed by atoms with E-state index in [9.17, 15) is 4.79 Å². The minimum Gasteiger partial charge on any atom is -0.493 e. The number of ether oxygens (including phenoxy) is 2. The molecule has 0 N–H and O–H groups in total. The van der Waals surface area contributed by atoms with Crippen LogP contribution < -0.4 is 4.74 Å². The lowest BCUT2D eigenvalue weighted by Gasteiger charge is -2.06. The number of pyridine rings is 1. The molecular weight excluding hydrogens is 222 g/mol. The summed E-state index contributed by atoms with van der Waals surface area (Å²) in [7, 11) is 2.72. The van der Waals surface area contributed by atoms with E-state index in [-0.39, 0.29) is 5.56 Å². The van der Waals surface area contributed by atoms with Crippen LogP contribution in [0.2, 0.25) is 0 Å². The van der Waals surface area contributed by atoms with E-state index in [1.807, 2.05) is 6.07 Å². The van der Waals surface area contributed by atoms with Gasteiger partial charge in [0.2, 0.25) is 0 Å². The molecule has 6 heteroatoms. The van der Waals surface area contributed by atoms with E-state index >= 15 is 0 Å². The molecule has 2 aromatic rings. The average molecular weight is 231 g/mol. The first-order chi connectivity index (χ1) is 8.22. The fourth-order valence-corrected chi connectivity index (χ4v) is 1.60. The Kier molecular flexibility index (Phi) is 2.66. The van der Waals surface area contributed by atoms with E-state index in [2.05, 4.69) is 9.84 Å². The Balaban J connectivity index is 2.81. The molecule has 6 nitrogen and oxygen atoms in total. The Labute approximate surface area is 97.0 Å². The summed E-state index contributed by atoms with van der Waals surface area (Å²) >= 11 is 0. The Morgan fingerprint density at radius 3 is 2.88 bits per heavy atom. The summed E-state index contributed by atoms with van der Waals surface area (Å²) in [4.78, 5) is 11.5. The van der Waals surface area contributed by atoms with Gasteiger partial charge in [-0.05, 0) is 6.07 Å². The van der Waals surface area contributed by atoms with Gasteiger partial charge in [-0.15, -0.1) is 0 Å². The van der Waals surface area contributed by atoms with Crippen LogP contribution in [0.4, 0.5) is 0 Å². The zero-order chi connectivity index (χ0) is 12.4. The third-order valence-electron chi connectivity index (χ3n) is 2.37. The van der Waals surface area contributed by atoms with E-state index < -0.39 is 5.97 Å². The molecule has 0 saturated heterocycles. The number of aromatic nitrogens is 2. The molecule has 2 aromatic heterocycles. The van der Waals surface area contributed by atoms with Gasteiger partial charge in [0, 0.05) is 6.20 Å². The number of hydrogen-bond acceptors (Lipinski definition) is 5. The smallest absolute Gasteiger partial charge is 0.341 e. The highest BCUT2D eigenvalue weighted by atomic mass is 16.5. The molecule has 0 aliphatic carbocycles. The van der Waals surface area contributed by atoms with Gasteiger partial charge >= 0.3 is 5.97 Å². The van der Waals surface area contributed by atoms with Crippen molar-refractivity contribution in [1.82, 2.24) is 9.61 Å². The van der Waals surface area contributed by atoms with Crippen LogP contribution in [0.5, 0.6) is 5.75 Å². The Morgan fingerprint density at radius 2 is 2.29 bits per heavy atom. The molecule has 0 atom stereocenters. The maximum Gasteiger partial charge on any atom is 0.341 e. The Morgan fingerprint density at radius 1 is 1.53 bits per heavy atom. The largest absolute Gasteiger partial charge is 0.493 e. The van der Waals surface area contributed by atoms with Crippen molar-refractivity contribution in [3.63, 3.8) is 0 Å². The molecule has 0 radical (unpaired) electrons. The zero-order valence-electron chi connectivity index (χ0n) is 9.30. The Bertz CT molecular complexity index is 625. The van der Waals surface area contributed by atoms with E-state index in [4.69, 9.17) is 10.00 Å². The monoisotopic (exact) mass is 231 g/mol. The van der Waals surface area contributed by atoms with Gasteiger partial charge in [-0.2, -0.15) is 10.4 Å². The van der Waals surface area contributed by atoms with Crippen molar-refractivity contribution in [2.45, 2.75) is 0 Å². The van der Waals surface area contributed by atoms with Crippen LogP contribution in [-0.2, 0) is 4.74 Å². The number of carbonyl (C=O) groups excluding carboxylic acids is 1. The quantitative estimate of drug-likeness (QED) is 0.720. The van der Waals surface area contributed by atoms with Crippen LogP contribution in [0.25, 0.3) is 5.52 Å². The highest BCUT2D eigenvalue weighted by Crippen LogP contribution is 2.27. The summed E-state index contributed by atoms with van der Waals surface area (Å²) in [6, 6.07) is 3.56. The van der Waals surface area contributed by atoms with Gasteiger partial charge in [0.05, 0.1) is 26.0 Å². The summed E-state index contributed by atoms with van der Waals surface area (Å²) in [6.07, 6.45) is 2.97. The van der Waals surface area contributed by atoms with E-state index in [1.54, 1.807) is 12.3 Å². The maximum atomic E-state index is 11.5. The summed E-state index contributed by atoms with van der Waals surface area (Å²) < 4.78 is 11.3. The van der Waals surface area contributed by atoms with Crippen molar-refractivity contribution < 1.29 is 14.3 Å². The summed E-state index contributed by atoms with van der Waals surface area (Å²) in [5.41, 5.74) is 1.03. The van der Waals surface area contributed by atoms with Gasteiger partial charge in [0.1, 0.15) is 17.1 Å². The lowest BCUT2D eigenvalue weighted by atomic mass is 10.2. The standard InChI is InChI=1S/C11H9N3O3/c1-16-10-7(5-12)3-4-14-9(10)8(6-13-14)11(15)17-2/h3-4,6H,1-2H3. The first-order valence-electron chi connectivity index (χ1n) is 4.75. The van der Waals surface area contributed by atoms with Gasteiger partial charge < -0.3 is 9.47 Å². The molecule has 2 heterocycles. The second-order valence-electron chi connectivity index (χ2n) is 3.22. The lowest BCUT2D eigenvalue weighted by molar-refractivity contribution is 0.0602. The zero-order valence-corrected chi connectivity index (χ0v) is 9.30. The number of nitriles is 1. The summed E-state index contributed by atoms with van der Waals surface area (Å²) in [5.74, 6) is -0.207. The second kappa shape index (κ2) is 4.14. The molecule has 0 amide bonds. The van der Waals surface area contributed by atoms with Gasteiger partial charge in [-0.1, -0.05) is 0 Å². The van der Waals surface area contributed by atoms with E-state index in [1.165, 1.54) is 24.9 Å². The van der Waals surface area contributed by atoms with Gasteiger partial charge in [-0.25, -0.2) is 9.31 Å². The van der Waals surface area contributed by atoms with Gasteiger partial charge in [0.15, 0.2) is 5.75 Å². The fourth-order valence-electron chi connectivity index (χ4n) is 1.60. The molecule has 0 unspecified atom stereocenters. The number of carbonyl (C=O) groups is 1. The number of fused-ring (bicyclic) bond motifs is 1. The van der Waals surface area contributed by atoms with Crippen LogP contribution in [0.3, 0.4) is 0 Å². The molecule has 0 aromatic carbocycles. The molecule has 86 valence electrons. The normalized spacial score (nSPS) is 9.94. The Hall–Kier alpha value is -2.55. The number of hydrogen-bond donors (Lipinski definition) is 0. The first-order valence-corrected chi connectivity index (χ1v) is 4.75. The van der Waals surface area contributed by atoms with Gasteiger partial charge in [0.25, 0.3) is 0 Å². The van der Waals surface area contributed by atoms with E-state index in [0.29, 0.717) is 16.8 Å². The van der Waals surface area contributed by atoms with Crippen LogP contribution in [0, 0.1) is 11.3 Å². The third kappa shape index (κ3) is 1.58. The second-order valence-corrected chi connectivity index (χ2v) is 3.22. The molecule has 0 aliphatic rings. The number of esters is 1.